The van der Waals surface area contributed by atoms with Crippen LogP contribution in [0, 0.1) is 20.8 Å². The Morgan fingerprint density at radius 1 is 1.17 bits per heavy atom. The van der Waals surface area contributed by atoms with Crippen LogP contribution in [0.3, 0.4) is 0 Å². The molecule has 1 N–H and O–H groups in total. The number of aromatic nitrogens is 2. The Morgan fingerprint density at radius 2 is 1.72 bits per heavy atom. The first kappa shape index (κ1) is 13.8. The maximum atomic E-state index is 8.36. The van der Waals surface area contributed by atoms with Crippen LogP contribution in [0.5, 0.6) is 0 Å². The number of aryl methyl sites for hydroxylation is 3. The first-order valence-corrected chi connectivity index (χ1v) is 5.52. The van der Waals surface area contributed by atoms with Crippen molar-refractivity contribution in [3.63, 3.8) is 0 Å². The summed E-state index contributed by atoms with van der Waals surface area (Å²) in [6.07, 6.45) is 3.73. The summed E-state index contributed by atoms with van der Waals surface area (Å²) in [7, 11) is 0. The summed E-state index contributed by atoms with van der Waals surface area (Å²) >= 11 is 0. The third-order valence-electron chi connectivity index (χ3n) is 2.43. The molecule has 4 heteroatoms. The average molecular weight is 244 g/mol. The molecule has 2 heterocycles. The van der Waals surface area contributed by atoms with E-state index < -0.39 is 0 Å². The number of hydrogen-bond donors (Lipinski definition) is 1. The van der Waals surface area contributed by atoms with E-state index in [-0.39, 0.29) is 6.47 Å². The number of carbonyl (C=O) groups is 1. The summed E-state index contributed by atoms with van der Waals surface area (Å²) in [5, 5.41) is 6.89. The van der Waals surface area contributed by atoms with Crippen LogP contribution in [0.25, 0.3) is 11.1 Å². The Bertz CT molecular complexity index is 519. The van der Waals surface area contributed by atoms with Gasteiger partial charge in [-0.15, -0.1) is 0 Å². The van der Waals surface area contributed by atoms with Gasteiger partial charge in [-0.3, -0.25) is 14.8 Å². The molecule has 0 bridgehead atoms. The van der Waals surface area contributed by atoms with E-state index in [1.54, 1.807) is 0 Å². The summed E-state index contributed by atoms with van der Waals surface area (Å²) < 4.78 is 0. The van der Waals surface area contributed by atoms with Crippen LogP contribution >= 0.6 is 0 Å². The smallest absolute Gasteiger partial charge is 0.290 e. The van der Waals surface area contributed by atoms with Crippen molar-refractivity contribution < 1.29 is 9.90 Å². The molecule has 18 heavy (non-hydrogen) atoms. The van der Waals surface area contributed by atoms with Gasteiger partial charge < -0.3 is 5.11 Å². The molecule has 0 spiro atoms. The van der Waals surface area contributed by atoms with E-state index in [4.69, 9.17) is 9.90 Å². The molecule has 94 valence electrons. The molecule has 4 nitrogen and oxygen atoms in total. The average Bonchev–Trinajstić information content (AvgIpc) is 2.29. The summed E-state index contributed by atoms with van der Waals surface area (Å²) in [5.41, 5.74) is 5.73. The number of rotatable bonds is 1. The van der Waals surface area contributed by atoms with Gasteiger partial charge in [0, 0.05) is 29.3 Å². The van der Waals surface area contributed by atoms with Gasteiger partial charge in [0.1, 0.15) is 0 Å². The van der Waals surface area contributed by atoms with E-state index in [0.29, 0.717) is 0 Å². The summed E-state index contributed by atoms with van der Waals surface area (Å²) in [6.45, 7) is 5.88. The van der Waals surface area contributed by atoms with Crippen molar-refractivity contribution in [3.05, 3.63) is 47.5 Å². The molecular formula is C14H16N2O2. The second-order valence-electron chi connectivity index (χ2n) is 3.93. The lowest BCUT2D eigenvalue weighted by Crippen LogP contribution is -1.90. The molecule has 0 amide bonds. The van der Waals surface area contributed by atoms with Crippen LogP contribution in [0.1, 0.15) is 17.0 Å². The van der Waals surface area contributed by atoms with E-state index in [2.05, 4.69) is 29.0 Å². The fourth-order valence-electron chi connectivity index (χ4n) is 1.76. The number of carboxylic acid groups (broad SMARTS) is 1. The quantitative estimate of drug-likeness (QED) is 0.783. The van der Waals surface area contributed by atoms with Gasteiger partial charge in [0.25, 0.3) is 6.47 Å². The van der Waals surface area contributed by atoms with Crippen molar-refractivity contribution in [2.75, 3.05) is 0 Å². The molecule has 0 saturated carbocycles. The maximum absolute atomic E-state index is 8.36. The summed E-state index contributed by atoms with van der Waals surface area (Å²) in [4.78, 5) is 16.9. The van der Waals surface area contributed by atoms with E-state index in [0.717, 1.165) is 11.4 Å². The van der Waals surface area contributed by atoms with Crippen LogP contribution in [-0.4, -0.2) is 21.5 Å². The summed E-state index contributed by atoms with van der Waals surface area (Å²) in [5.74, 6) is 0. The third-order valence-corrected chi connectivity index (χ3v) is 2.43. The highest BCUT2D eigenvalue weighted by Crippen LogP contribution is 2.22. The van der Waals surface area contributed by atoms with Gasteiger partial charge in [-0.1, -0.05) is 0 Å². The fourth-order valence-corrected chi connectivity index (χ4v) is 1.76. The minimum absolute atomic E-state index is 0.250. The normalized spacial score (nSPS) is 9.28. The largest absolute Gasteiger partial charge is 0.483 e. The molecule has 0 aliphatic rings. The van der Waals surface area contributed by atoms with Crippen molar-refractivity contribution >= 4 is 6.47 Å². The number of pyridine rings is 2. The molecule has 0 saturated heterocycles. The minimum Gasteiger partial charge on any atom is -0.483 e. The van der Waals surface area contributed by atoms with Crippen molar-refractivity contribution in [2.24, 2.45) is 0 Å². The molecule has 2 aromatic rings. The van der Waals surface area contributed by atoms with Gasteiger partial charge in [-0.2, -0.15) is 0 Å². The van der Waals surface area contributed by atoms with Crippen molar-refractivity contribution in [1.29, 1.82) is 0 Å². The van der Waals surface area contributed by atoms with Gasteiger partial charge in [-0.25, -0.2) is 0 Å². The van der Waals surface area contributed by atoms with Crippen molar-refractivity contribution in [3.8, 4) is 11.1 Å². The van der Waals surface area contributed by atoms with Crippen LogP contribution in [0.4, 0.5) is 0 Å². The lowest BCUT2D eigenvalue weighted by molar-refractivity contribution is -0.122. The van der Waals surface area contributed by atoms with Gasteiger partial charge in [-0.05, 0) is 50.1 Å². The molecule has 0 aromatic carbocycles. The van der Waals surface area contributed by atoms with Gasteiger partial charge in [0.2, 0.25) is 0 Å². The van der Waals surface area contributed by atoms with E-state index >= 15 is 0 Å². The van der Waals surface area contributed by atoms with E-state index in [1.165, 1.54) is 16.7 Å². The first-order chi connectivity index (χ1) is 8.58. The molecule has 2 aromatic heterocycles. The fraction of sp³-hybridized carbons (Fsp3) is 0.214. The molecule has 0 radical (unpaired) electrons. The van der Waals surface area contributed by atoms with E-state index in [9.17, 15) is 0 Å². The predicted octanol–water partition coefficient (Wildman–Crippen LogP) is 2.77. The van der Waals surface area contributed by atoms with Crippen LogP contribution in [0.15, 0.2) is 30.6 Å². The van der Waals surface area contributed by atoms with Crippen molar-refractivity contribution in [1.82, 2.24) is 9.97 Å². The Hall–Kier alpha value is -2.23. The Morgan fingerprint density at radius 3 is 2.22 bits per heavy atom. The minimum atomic E-state index is -0.250. The van der Waals surface area contributed by atoms with E-state index in [1.807, 2.05) is 32.3 Å². The molecule has 0 atom stereocenters. The summed E-state index contributed by atoms with van der Waals surface area (Å²) in [6, 6.07) is 6.22. The van der Waals surface area contributed by atoms with Gasteiger partial charge in [0.15, 0.2) is 0 Å². The molecule has 0 aliphatic carbocycles. The van der Waals surface area contributed by atoms with Gasteiger partial charge >= 0.3 is 0 Å². The van der Waals surface area contributed by atoms with Crippen LogP contribution in [-0.2, 0) is 4.79 Å². The Balaban J connectivity index is 0.000000492. The second kappa shape index (κ2) is 6.49. The van der Waals surface area contributed by atoms with Crippen molar-refractivity contribution in [2.45, 2.75) is 20.8 Å². The van der Waals surface area contributed by atoms with Crippen LogP contribution in [0.2, 0.25) is 0 Å². The zero-order valence-electron chi connectivity index (χ0n) is 10.7. The predicted molar refractivity (Wildman–Crippen MR) is 70.4 cm³/mol. The monoisotopic (exact) mass is 244 g/mol. The zero-order chi connectivity index (χ0) is 13.5. The third kappa shape index (κ3) is 3.66. The lowest BCUT2D eigenvalue weighted by atomic mass is 10.0. The molecule has 0 aliphatic heterocycles. The second-order valence-corrected chi connectivity index (χ2v) is 3.93. The molecular weight excluding hydrogens is 228 g/mol. The SMILES string of the molecule is Cc1cc(-c2cnccc2C)cc(C)n1.O=CO. The molecule has 2 rings (SSSR count). The first-order valence-electron chi connectivity index (χ1n) is 5.52. The number of hydrogen-bond acceptors (Lipinski definition) is 3. The maximum Gasteiger partial charge on any atom is 0.290 e. The zero-order valence-corrected chi connectivity index (χ0v) is 10.7. The standard InChI is InChI=1S/C13H14N2.CH2O2/c1-9-4-5-14-8-13(9)12-6-10(2)15-11(3)7-12;2-1-3/h4-8H,1-3H3;1H,(H,2,3). The highest BCUT2D eigenvalue weighted by atomic mass is 16.3. The van der Waals surface area contributed by atoms with Gasteiger partial charge in [0.05, 0.1) is 0 Å². The topological polar surface area (TPSA) is 63.1 Å². The van der Waals surface area contributed by atoms with Crippen LogP contribution < -0.4 is 0 Å². The molecule has 0 fully saturated rings. The number of nitrogens with zero attached hydrogens (tertiary/aromatic N) is 2. The highest BCUT2D eigenvalue weighted by Gasteiger charge is 2.03. The highest BCUT2D eigenvalue weighted by molar-refractivity contribution is 5.66. The lowest BCUT2D eigenvalue weighted by Gasteiger charge is -2.06. The molecule has 0 unspecified atom stereocenters. The Kier molecular flexibility index (Phi) is 4.99. The Labute approximate surface area is 106 Å².